The first kappa shape index (κ1) is 28.5. The Bertz CT molecular complexity index is 495. The molecule has 0 bridgehead atoms. The molecule has 0 spiro atoms. The summed E-state index contributed by atoms with van der Waals surface area (Å²) in [5.41, 5.74) is -0.834. The van der Waals surface area contributed by atoms with Crippen molar-refractivity contribution in [3.05, 3.63) is 75.9 Å². The van der Waals surface area contributed by atoms with Gasteiger partial charge in [0.15, 0.2) is 0 Å². The van der Waals surface area contributed by atoms with Crippen molar-refractivity contribution in [3.63, 3.8) is 0 Å². The Balaban J connectivity index is 0.000000614. The normalized spacial score (nSPS) is 20.3. The number of rotatable bonds is 14. The Morgan fingerprint density at radius 2 is 0.931 bits per heavy atom. The summed E-state index contributed by atoms with van der Waals surface area (Å²) in [4.78, 5) is 0. The van der Waals surface area contributed by atoms with E-state index in [1.165, 1.54) is 0 Å². The molecule has 0 saturated heterocycles. The summed E-state index contributed by atoms with van der Waals surface area (Å²) in [6.07, 6.45) is 14.9. The van der Waals surface area contributed by atoms with Crippen molar-refractivity contribution in [3.8, 4) is 0 Å². The summed E-state index contributed by atoms with van der Waals surface area (Å²) in [7, 11) is -1.27. The van der Waals surface area contributed by atoms with Gasteiger partial charge in [0.1, 0.15) is 21.0 Å². The molecule has 1 aliphatic rings. The van der Waals surface area contributed by atoms with Crippen LogP contribution < -0.4 is 0 Å². The minimum absolute atomic E-state index is 0.239. The third-order valence-corrected chi connectivity index (χ3v) is 11.4. The fourth-order valence-electron chi connectivity index (χ4n) is 4.00. The molecule has 0 aromatic rings. The summed E-state index contributed by atoms with van der Waals surface area (Å²) >= 11 is 0. The topological polar surface area (TPSA) is 46.2 Å². The van der Waals surface area contributed by atoms with Crippen LogP contribution in [-0.4, -0.2) is 61.0 Å². The van der Waals surface area contributed by atoms with E-state index >= 15 is 0 Å². The molecule has 0 heterocycles. The van der Waals surface area contributed by atoms with Crippen molar-refractivity contribution in [2.24, 2.45) is 16.2 Å². The van der Waals surface area contributed by atoms with Gasteiger partial charge in [0.05, 0.1) is 0 Å². The van der Waals surface area contributed by atoms with Crippen LogP contribution in [0.4, 0.5) is 0 Å². The summed E-state index contributed by atoms with van der Waals surface area (Å²) < 4.78 is 25.4. The molecular formula is C18H38O5Si6. The molecule has 0 aromatic heterocycles. The van der Waals surface area contributed by atoms with Gasteiger partial charge in [0.25, 0.3) is 40.0 Å². The predicted octanol–water partition coefficient (Wildman–Crippen LogP) is -1.13. The molecule has 1 saturated carbocycles. The van der Waals surface area contributed by atoms with Gasteiger partial charge in [-0.05, 0) is 12.8 Å². The van der Waals surface area contributed by atoms with E-state index in [1.807, 2.05) is 36.5 Å². The highest BCUT2D eigenvalue weighted by molar-refractivity contribution is 6.46. The van der Waals surface area contributed by atoms with Gasteiger partial charge >= 0.3 is 0 Å². The fraction of sp³-hybridized carbons (Fsp3) is 0.333. The molecule has 0 aliphatic heterocycles. The van der Waals surface area contributed by atoms with Gasteiger partial charge in [-0.15, -0.1) is 39.5 Å². The molecule has 0 N–H and O–H groups in total. The van der Waals surface area contributed by atoms with E-state index in [-0.39, 0.29) is 16.2 Å². The molecule has 1 fully saturated rings. The lowest BCUT2D eigenvalue weighted by Gasteiger charge is -2.58. The second-order valence-electron chi connectivity index (χ2n) is 6.69. The van der Waals surface area contributed by atoms with Crippen molar-refractivity contribution in [1.29, 1.82) is 0 Å². The lowest BCUT2D eigenvalue weighted by atomic mass is 9.45. The van der Waals surface area contributed by atoms with Gasteiger partial charge < -0.3 is 20.6 Å². The lowest BCUT2D eigenvalue weighted by Crippen LogP contribution is -2.51. The molecule has 0 aromatic carbocycles. The Labute approximate surface area is 192 Å². The van der Waals surface area contributed by atoms with Crippen LogP contribution in [0.3, 0.4) is 0 Å². The maximum atomic E-state index is 5.21. The van der Waals surface area contributed by atoms with E-state index in [1.54, 1.807) is 0 Å². The maximum Gasteiger partial charge on any atom is 0.286 e. The first-order chi connectivity index (χ1) is 14.0. The van der Waals surface area contributed by atoms with E-state index in [4.69, 9.17) is 20.6 Å². The second kappa shape index (κ2) is 15.4. The highest BCUT2D eigenvalue weighted by Crippen LogP contribution is 2.63. The van der Waals surface area contributed by atoms with E-state index in [9.17, 15) is 0 Å². The molecule has 0 radical (unpaired) electrons. The minimum Gasteiger partial charge on any atom is -0.449 e. The van der Waals surface area contributed by atoms with Gasteiger partial charge in [0.2, 0.25) is 0 Å². The van der Waals surface area contributed by atoms with Gasteiger partial charge in [-0.3, -0.25) is 0 Å². The van der Waals surface area contributed by atoms with E-state index in [0.29, 0.717) is 0 Å². The Morgan fingerprint density at radius 3 is 1.21 bits per heavy atom. The average Bonchev–Trinajstić information content (AvgIpc) is 2.77. The van der Waals surface area contributed by atoms with Gasteiger partial charge in [-0.2, -0.15) is 0 Å². The van der Waals surface area contributed by atoms with Crippen molar-refractivity contribution in [2.75, 3.05) is 0 Å². The summed E-state index contributed by atoms with van der Waals surface area (Å²) in [5, 5.41) is 0. The third kappa shape index (κ3) is 6.76. The van der Waals surface area contributed by atoms with Crippen LogP contribution in [-0.2, 0) is 20.6 Å². The van der Waals surface area contributed by atoms with Gasteiger partial charge in [-0.25, -0.2) is 0 Å². The third-order valence-electron chi connectivity index (χ3n) is 5.56. The molecule has 0 atom stereocenters. The quantitative estimate of drug-likeness (QED) is 0.171. The molecule has 0 unspecified atom stereocenters. The first-order valence-electron chi connectivity index (χ1n) is 9.51. The Morgan fingerprint density at radius 1 is 0.586 bits per heavy atom. The maximum absolute atomic E-state index is 5.21. The van der Waals surface area contributed by atoms with Crippen LogP contribution in [0.2, 0.25) is 0 Å². The molecule has 11 heteroatoms. The fourth-order valence-corrected chi connectivity index (χ4v) is 12.2. The first-order valence-corrected chi connectivity index (χ1v) is 15.8. The monoisotopic (exact) mass is 502 g/mol. The van der Waals surface area contributed by atoms with Crippen molar-refractivity contribution < 1.29 is 20.6 Å². The van der Waals surface area contributed by atoms with Crippen LogP contribution >= 0.6 is 0 Å². The zero-order chi connectivity index (χ0) is 22.2. The average molecular weight is 503 g/mol. The summed E-state index contributed by atoms with van der Waals surface area (Å²) in [6.45, 7) is 24.2. The van der Waals surface area contributed by atoms with Crippen LogP contribution in [0.15, 0.2) is 75.9 Å². The molecule has 29 heavy (non-hydrogen) atoms. The van der Waals surface area contributed by atoms with E-state index in [0.717, 1.165) is 40.2 Å². The second-order valence-corrected chi connectivity index (χ2v) is 17.1. The summed E-state index contributed by atoms with van der Waals surface area (Å²) in [5.74, 6) is 0. The van der Waals surface area contributed by atoms with E-state index < -0.39 is 40.0 Å². The highest BCUT2D eigenvalue weighted by Gasteiger charge is 2.56. The molecule has 0 amide bonds. The number of allylic oxidation sites excluding steroid dienone is 6. The zero-order valence-corrected chi connectivity index (χ0v) is 27.9. The van der Waals surface area contributed by atoms with Gasteiger partial charge in [-0.1, -0.05) is 42.9 Å². The van der Waals surface area contributed by atoms with Crippen molar-refractivity contribution >= 4 is 61.0 Å². The molecule has 164 valence electrons. The van der Waals surface area contributed by atoms with Crippen LogP contribution in [0.5, 0.6) is 0 Å². The van der Waals surface area contributed by atoms with Crippen LogP contribution in [0.1, 0.15) is 19.3 Å². The lowest BCUT2D eigenvalue weighted by molar-refractivity contribution is 0.0704. The summed E-state index contributed by atoms with van der Waals surface area (Å²) in [6, 6.07) is 0. The molecule has 5 nitrogen and oxygen atoms in total. The standard InChI is InChI=1S/C18H24.H14O5Si6/c1-7-16(8-2)14-13-15-17(9-3,10-4)18(16,11-5)12-6;6-1-8-3-10-5-11-4-9-2-7/h7-12H,1-6,13-15H2;8-11H2,6-7H3. The van der Waals surface area contributed by atoms with Crippen LogP contribution in [0, 0.1) is 16.2 Å². The smallest absolute Gasteiger partial charge is 0.286 e. The highest BCUT2D eigenvalue weighted by atomic mass is 28.4. The number of hydrogen-bond acceptors (Lipinski definition) is 5. The van der Waals surface area contributed by atoms with E-state index in [2.05, 4.69) is 39.5 Å². The zero-order valence-electron chi connectivity index (χ0n) is 18.2. The Hall–Kier alpha value is -0.459. The molecule has 1 aliphatic carbocycles. The van der Waals surface area contributed by atoms with Crippen molar-refractivity contribution in [1.82, 2.24) is 0 Å². The molecular weight excluding hydrogens is 465 g/mol. The molecule has 1 rings (SSSR count). The largest absolute Gasteiger partial charge is 0.449 e. The SMILES string of the molecule is C=CC1(C=C)CCCC(C=C)(C=C)C1(C=C)C=C.[SiH3]O[SiH2]O[SiH2]O[SiH2]O[SiH2]O[SiH3]. The van der Waals surface area contributed by atoms with Crippen molar-refractivity contribution in [2.45, 2.75) is 19.3 Å². The van der Waals surface area contributed by atoms with Crippen LogP contribution in [0.25, 0.3) is 0 Å². The van der Waals surface area contributed by atoms with Gasteiger partial charge in [0, 0.05) is 16.2 Å². The number of hydrogen-bond donors (Lipinski definition) is 0. The predicted molar refractivity (Wildman–Crippen MR) is 142 cm³/mol. The Kier molecular flexibility index (Phi) is 15.1. The minimum atomic E-state index is -0.754.